The summed E-state index contributed by atoms with van der Waals surface area (Å²) >= 11 is 3.37. The molecule has 1 rings (SSSR count). The van der Waals surface area contributed by atoms with Crippen LogP contribution in [0.25, 0.3) is 0 Å². The molecule has 0 unspecified atom stereocenters. The van der Waals surface area contributed by atoms with Crippen molar-refractivity contribution >= 4 is 21.9 Å². The molecule has 3 nitrogen and oxygen atoms in total. The Bertz CT molecular complexity index is 401. The van der Waals surface area contributed by atoms with Crippen molar-refractivity contribution in [2.24, 2.45) is 11.1 Å². The van der Waals surface area contributed by atoms with Gasteiger partial charge in [-0.3, -0.25) is 4.79 Å². The first kappa shape index (κ1) is 16.2. The molecule has 0 aliphatic heterocycles. The van der Waals surface area contributed by atoms with E-state index in [-0.39, 0.29) is 11.4 Å². The van der Waals surface area contributed by atoms with Crippen molar-refractivity contribution in [1.82, 2.24) is 0 Å². The summed E-state index contributed by atoms with van der Waals surface area (Å²) in [7, 11) is 0. The first-order valence-electron chi connectivity index (χ1n) is 6.53. The lowest BCUT2D eigenvalue weighted by Crippen LogP contribution is -2.19. The molecule has 0 atom stereocenters. The van der Waals surface area contributed by atoms with Crippen molar-refractivity contribution in [2.75, 3.05) is 6.54 Å². The predicted molar refractivity (Wildman–Crippen MR) is 80.6 cm³/mol. The Morgan fingerprint density at radius 3 is 2.47 bits per heavy atom. The minimum absolute atomic E-state index is 0.103. The zero-order valence-electron chi connectivity index (χ0n) is 11.6. The molecule has 0 spiro atoms. The van der Waals surface area contributed by atoms with E-state index in [1.807, 2.05) is 24.3 Å². The second kappa shape index (κ2) is 7.65. The molecule has 0 saturated carbocycles. The largest absolute Gasteiger partial charge is 0.461 e. The third kappa shape index (κ3) is 6.73. The zero-order valence-corrected chi connectivity index (χ0v) is 13.2. The van der Waals surface area contributed by atoms with Crippen LogP contribution in [0.1, 0.15) is 38.7 Å². The maximum atomic E-state index is 11.7. The highest BCUT2D eigenvalue weighted by atomic mass is 79.9. The molecule has 19 heavy (non-hydrogen) atoms. The molecule has 0 aromatic heterocycles. The lowest BCUT2D eigenvalue weighted by Gasteiger charge is -2.23. The van der Waals surface area contributed by atoms with E-state index in [1.165, 1.54) is 0 Å². The van der Waals surface area contributed by atoms with Crippen LogP contribution in [-0.2, 0) is 16.1 Å². The van der Waals surface area contributed by atoms with Gasteiger partial charge in [-0.05, 0) is 42.5 Å². The van der Waals surface area contributed by atoms with Gasteiger partial charge in [0.05, 0.1) is 0 Å². The van der Waals surface area contributed by atoms with Gasteiger partial charge in [-0.15, -0.1) is 0 Å². The Morgan fingerprint density at radius 2 is 1.89 bits per heavy atom. The molecule has 0 heterocycles. The number of ether oxygens (including phenoxy) is 1. The summed E-state index contributed by atoms with van der Waals surface area (Å²) in [5.41, 5.74) is 6.65. The second-order valence-electron chi connectivity index (χ2n) is 5.49. The standard InChI is InChI=1S/C15H22BrNO2/c1-15(2,9-10-17)8-7-14(18)19-11-12-3-5-13(16)6-4-12/h3-6H,7-11,17H2,1-2H3. The van der Waals surface area contributed by atoms with Crippen LogP contribution in [0, 0.1) is 5.41 Å². The Kier molecular flexibility index (Phi) is 6.52. The molecule has 4 heteroatoms. The molecule has 106 valence electrons. The van der Waals surface area contributed by atoms with Gasteiger partial charge in [-0.1, -0.05) is 41.9 Å². The van der Waals surface area contributed by atoms with Crippen LogP contribution in [0.5, 0.6) is 0 Å². The summed E-state index contributed by atoms with van der Waals surface area (Å²) in [4.78, 5) is 11.7. The van der Waals surface area contributed by atoms with Crippen LogP contribution >= 0.6 is 15.9 Å². The fourth-order valence-electron chi connectivity index (χ4n) is 1.77. The quantitative estimate of drug-likeness (QED) is 0.778. The van der Waals surface area contributed by atoms with Gasteiger partial charge in [0.15, 0.2) is 0 Å². The number of benzene rings is 1. The van der Waals surface area contributed by atoms with E-state index in [9.17, 15) is 4.79 Å². The van der Waals surface area contributed by atoms with Crippen molar-refractivity contribution in [3.63, 3.8) is 0 Å². The highest BCUT2D eigenvalue weighted by Gasteiger charge is 2.18. The van der Waals surface area contributed by atoms with Crippen LogP contribution in [0.15, 0.2) is 28.7 Å². The van der Waals surface area contributed by atoms with Gasteiger partial charge >= 0.3 is 5.97 Å². The monoisotopic (exact) mass is 327 g/mol. The molecular formula is C15H22BrNO2. The molecule has 1 aromatic rings. The molecular weight excluding hydrogens is 306 g/mol. The van der Waals surface area contributed by atoms with Crippen LogP contribution in [-0.4, -0.2) is 12.5 Å². The average Bonchev–Trinajstić information content (AvgIpc) is 2.36. The molecule has 2 N–H and O–H groups in total. The molecule has 0 saturated heterocycles. The van der Waals surface area contributed by atoms with Crippen molar-refractivity contribution in [2.45, 2.75) is 39.7 Å². The lowest BCUT2D eigenvalue weighted by atomic mass is 9.84. The number of esters is 1. The molecule has 0 aliphatic carbocycles. The van der Waals surface area contributed by atoms with Gasteiger partial charge in [-0.2, -0.15) is 0 Å². The number of hydrogen-bond acceptors (Lipinski definition) is 3. The topological polar surface area (TPSA) is 52.3 Å². The van der Waals surface area contributed by atoms with Gasteiger partial charge in [0.25, 0.3) is 0 Å². The fourth-order valence-corrected chi connectivity index (χ4v) is 2.04. The van der Waals surface area contributed by atoms with Crippen molar-refractivity contribution in [1.29, 1.82) is 0 Å². The van der Waals surface area contributed by atoms with Crippen LogP contribution < -0.4 is 5.73 Å². The lowest BCUT2D eigenvalue weighted by molar-refractivity contribution is -0.145. The third-order valence-electron chi connectivity index (χ3n) is 3.14. The Labute approximate surface area is 123 Å². The number of nitrogens with two attached hydrogens (primary N) is 1. The highest BCUT2D eigenvalue weighted by molar-refractivity contribution is 9.10. The SMILES string of the molecule is CC(C)(CCN)CCC(=O)OCc1ccc(Br)cc1. The maximum Gasteiger partial charge on any atom is 0.306 e. The number of carbonyl (C=O) groups excluding carboxylic acids is 1. The van der Waals surface area contributed by atoms with E-state index in [2.05, 4.69) is 29.8 Å². The van der Waals surface area contributed by atoms with Crippen molar-refractivity contribution < 1.29 is 9.53 Å². The van der Waals surface area contributed by atoms with E-state index in [0.717, 1.165) is 22.9 Å². The van der Waals surface area contributed by atoms with Crippen LogP contribution in [0.4, 0.5) is 0 Å². The molecule has 0 bridgehead atoms. The van der Waals surface area contributed by atoms with Crippen LogP contribution in [0.2, 0.25) is 0 Å². The van der Waals surface area contributed by atoms with Gasteiger partial charge in [-0.25, -0.2) is 0 Å². The second-order valence-corrected chi connectivity index (χ2v) is 6.41. The zero-order chi connectivity index (χ0) is 14.3. The molecule has 0 radical (unpaired) electrons. The number of carbonyl (C=O) groups is 1. The van der Waals surface area contributed by atoms with Crippen molar-refractivity contribution in [3.8, 4) is 0 Å². The summed E-state index contributed by atoms with van der Waals surface area (Å²) in [5.74, 6) is -0.145. The summed E-state index contributed by atoms with van der Waals surface area (Å²) in [6, 6.07) is 7.76. The summed E-state index contributed by atoms with van der Waals surface area (Å²) < 4.78 is 6.28. The predicted octanol–water partition coefficient (Wildman–Crippen LogP) is 3.65. The van der Waals surface area contributed by atoms with E-state index < -0.39 is 0 Å². The van der Waals surface area contributed by atoms with E-state index >= 15 is 0 Å². The van der Waals surface area contributed by atoms with Gasteiger partial charge in [0.1, 0.15) is 6.61 Å². The van der Waals surface area contributed by atoms with E-state index in [4.69, 9.17) is 10.5 Å². The smallest absolute Gasteiger partial charge is 0.306 e. The number of hydrogen-bond donors (Lipinski definition) is 1. The molecule has 0 amide bonds. The minimum atomic E-state index is -0.145. The Morgan fingerprint density at radius 1 is 1.26 bits per heavy atom. The van der Waals surface area contributed by atoms with Gasteiger partial charge in [0.2, 0.25) is 0 Å². The summed E-state index contributed by atoms with van der Waals surface area (Å²) in [5, 5.41) is 0. The van der Waals surface area contributed by atoms with E-state index in [1.54, 1.807) is 0 Å². The highest BCUT2D eigenvalue weighted by Crippen LogP contribution is 2.26. The fraction of sp³-hybridized carbons (Fsp3) is 0.533. The number of halogens is 1. The summed E-state index contributed by atoms with van der Waals surface area (Å²) in [6.07, 6.45) is 2.18. The Balaban J connectivity index is 2.30. The maximum absolute atomic E-state index is 11.7. The first-order valence-corrected chi connectivity index (χ1v) is 7.32. The Hall–Kier alpha value is -0.870. The van der Waals surface area contributed by atoms with E-state index in [0.29, 0.717) is 19.6 Å². The number of rotatable bonds is 7. The van der Waals surface area contributed by atoms with Gasteiger partial charge < -0.3 is 10.5 Å². The minimum Gasteiger partial charge on any atom is -0.461 e. The first-order chi connectivity index (χ1) is 8.93. The average molecular weight is 328 g/mol. The van der Waals surface area contributed by atoms with Crippen LogP contribution in [0.3, 0.4) is 0 Å². The third-order valence-corrected chi connectivity index (χ3v) is 3.67. The van der Waals surface area contributed by atoms with Crippen molar-refractivity contribution in [3.05, 3.63) is 34.3 Å². The van der Waals surface area contributed by atoms with Gasteiger partial charge in [0, 0.05) is 10.9 Å². The molecule has 1 aromatic carbocycles. The molecule has 0 aliphatic rings. The normalized spacial score (nSPS) is 11.4. The summed E-state index contributed by atoms with van der Waals surface area (Å²) in [6.45, 7) is 5.24. The molecule has 0 fully saturated rings.